The molecule has 0 aromatic carbocycles. The first-order valence-corrected chi connectivity index (χ1v) is 3.24. The second-order valence-electron chi connectivity index (χ2n) is 0.567. The molecule has 0 aliphatic rings. The van der Waals surface area contributed by atoms with Crippen LogP contribution in [0.15, 0.2) is 0 Å². The maximum absolute atomic E-state index is 8.49. The average Bonchev–Trinajstić information content (AvgIpc) is 1.19. The van der Waals surface area contributed by atoms with Gasteiger partial charge in [0.1, 0.15) is 0 Å². The molecule has 0 aromatic heterocycles. The van der Waals surface area contributed by atoms with Crippen LogP contribution in [-0.4, -0.2) is 0 Å². The molecule has 11 heavy (non-hydrogen) atoms. The van der Waals surface area contributed by atoms with Gasteiger partial charge in [-0.2, -0.15) is 0 Å². The Labute approximate surface area is 91.1 Å². The van der Waals surface area contributed by atoms with Crippen molar-refractivity contribution in [1.82, 2.24) is 0 Å². The van der Waals surface area contributed by atoms with Crippen molar-refractivity contribution in [3.63, 3.8) is 0 Å². The van der Waals surface area contributed by atoms with Crippen LogP contribution in [0.1, 0.15) is 0 Å². The van der Waals surface area contributed by atoms with E-state index in [-0.39, 0.29) is 37.7 Å². The minimum atomic E-state index is -4.94. The predicted octanol–water partition coefficient (Wildman–Crippen LogP) is -14.3. The van der Waals surface area contributed by atoms with Crippen molar-refractivity contribution in [2.75, 3.05) is 0 Å². The molecular weight excluding hydrogens is 197 g/mol. The van der Waals surface area contributed by atoms with Crippen LogP contribution >= 0.6 is 0 Å². The molecule has 58 valence electrons. The summed E-state index contributed by atoms with van der Waals surface area (Å²) in [5.41, 5.74) is 0. The summed E-state index contributed by atoms with van der Waals surface area (Å²) in [4.78, 5) is 0. The van der Waals surface area contributed by atoms with Crippen LogP contribution < -0.4 is 70.3 Å². The van der Waals surface area contributed by atoms with Crippen LogP contribution in [0.4, 0.5) is 0 Å². The van der Waals surface area contributed by atoms with E-state index in [1.807, 2.05) is 0 Å². The normalized spacial score (nSPS) is 8.73. The quantitative estimate of drug-likeness (QED) is 0.347. The zero-order chi connectivity index (χ0) is 8.08. The largest absolute Gasteiger partial charge is 1.00 e. The molecule has 0 rings (SSSR count). The molecule has 0 N–H and O–H groups in total. The second-order valence-corrected chi connectivity index (χ2v) is 1.70. The van der Waals surface area contributed by atoms with Crippen LogP contribution in [0.5, 0.6) is 0 Å². The molecule has 0 aromatic rings. The van der Waals surface area contributed by atoms with Gasteiger partial charge in [-0.3, -0.25) is 0 Å². The fourth-order valence-corrected chi connectivity index (χ4v) is 0. The molecule has 0 spiro atoms. The van der Waals surface area contributed by atoms with Crippen LogP contribution in [0.3, 0.4) is 0 Å². The van der Waals surface area contributed by atoms with E-state index in [0.717, 1.165) is 0 Å². The molecule has 0 saturated carbocycles. The summed E-state index contributed by atoms with van der Waals surface area (Å²) in [7, 11) is -7.80. The fraction of sp³-hybridized carbons (Fsp3) is 0. The maximum Gasteiger partial charge on any atom is 1.00 e. The van der Waals surface area contributed by atoms with Crippen molar-refractivity contribution in [2.24, 2.45) is 0 Å². The fourth-order valence-electron chi connectivity index (χ4n) is 0. The van der Waals surface area contributed by atoms with Gasteiger partial charge in [0.15, 0.2) is 0 Å². The van der Waals surface area contributed by atoms with E-state index in [9.17, 15) is 0 Å². The van der Waals surface area contributed by atoms with Crippen LogP contribution in [0, 0.1) is 21.0 Å². The molecule has 0 heterocycles. The van der Waals surface area contributed by atoms with Crippen molar-refractivity contribution in [3.8, 4) is 0 Å². The Morgan fingerprint density at radius 3 is 0.727 bits per heavy atom. The van der Waals surface area contributed by atoms with Gasteiger partial charge in [0, 0.05) is 0 Å². The monoisotopic (exact) mass is 196 g/mol. The van der Waals surface area contributed by atoms with Gasteiger partial charge in [0.25, 0.3) is 0 Å². The third-order valence-corrected chi connectivity index (χ3v) is 0. The molecule has 0 saturated heterocycles. The van der Waals surface area contributed by atoms with Crippen LogP contribution in [0.25, 0.3) is 0 Å². The van der Waals surface area contributed by atoms with E-state index in [2.05, 4.69) is 0 Å². The summed E-state index contributed by atoms with van der Waals surface area (Å²) in [5, 5.41) is 0. The predicted molar refractivity (Wildman–Crippen MR) is 0 cm³/mol. The van der Waals surface area contributed by atoms with Crippen molar-refractivity contribution in [3.05, 3.63) is 0 Å². The zero-order valence-corrected chi connectivity index (χ0v) is 7.13. The van der Waals surface area contributed by atoms with Gasteiger partial charge in [0.2, 0.25) is 0 Å². The Hall–Kier alpha value is 1.49. The summed E-state index contributed by atoms with van der Waals surface area (Å²) in [6, 6.07) is 0. The summed E-state index contributed by atoms with van der Waals surface area (Å²) in [5.74, 6) is 0. The second kappa shape index (κ2) is 11.5. The molecule has 0 fully saturated rings. The number of hydrogen-bond donors (Lipinski definition) is 0. The Balaban J connectivity index is -0.0000000383. The van der Waals surface area contributed by atoms with Crippen molar-refractivity contribution in [2.45, 2.75) is 0 Å². The number of rotatable bonds is 0. The molecule has 7 nitrogen and oxygen atoms in total. The minimum Gasteiger partial charge on any atom is -0.357 e. The molecule has 0 amide bonds. The van der Waals surface area contributed by atoms with Gasteiger partial charge >= 0.3 is 37.7 Å². The summed E-state index contributed by atoms with van der Waals surface area (Å²) >= 11 is 0. The standard InChI is InChI=1S/ClHO4.ClO3.2Li/c2-1(3,4)5;2-1(3)4;;/h(H,2,3,4,5);;;/q;-1;2*+1/p-1. The van der Waals surface area contributed by atoms with Crippen molar-refractivity contribution >= 4 is 0 Å². The van der Waals surface area contributed by atoms with Gasteiger partial charge in [0.05, 0.1) is 10.8 Å². The topological polar surface area (TPSA) is 161 Å². The maximum atomic E-state index is 8.49. The molecule has 0 aliphatic heterocycles. The summed E-state index contributed by atoms with van der Waals surface area (Å²) in [6.45, 7) is 0. The molecule has 0 unspecified atom stereocenters. The number of hydrogen-bond acceptors (Lipinski definition) is 7. The molecule has 0 aliphatic carbocycles. The Morgan fingerprint density at radius 1 is 0.727 bits per heavy atom. The Kier molecular flexibility index (Phi) is 23.9. The van der Waals surface area contributed by atoms with Gasteiger partial charge in [-0.1, -0.05) is 0 Å². The summed E-state index contributed by atoms with van der Waals surface area (Å²) < 4.78 is 59.2. The van der Waals surface area contributed by atoms with E-state index in [1.165, 1.54) is 0 Å². The summed E-state index contributed by atoms with van der Waals surface area (Å²) in [6.07, 6.45) is 0. The first kappa shape index (κ1) is 22.9. The molecule has 0 bridgehead atoms. The van der Waals surface area contributed by atoms with Gasteiger partial charge in [-0.05, 0) is 0 Å². The van der Waals surface area contributed by atoms with Crippen LogP contribution in [0.2, 0.25) is 0 Å². The molecule has 11 heteroatoms. The SMILES string of the molecule is [Li+].[Li+].[O-][Cl+2]([O-])[O-].[O-][Cl+3]([O-])([O-])[O-]. The first-order valence-electron chi connectivity index (χ1n) is 1.08. The van der Waals surface area contributed by atoms with E-state index >= 15 is 0 Å². The van der Waals surface area contributed by atoms with E-state index in [1.54, 1.807) is 0 Å². The molecular formula is Cl2Li2O7. The van der Waals surface area contributed by atoms with Crippen molar-refractivity contribution in [1.29, 1.82) is 0 Å². The third-order valence-electron chi connectivity index (χ3n) is 0. The van der Waals surface area contributed by atoms with Gasteiger partial charge < -0.3 is 14.0 Å². The van der Waals surface area contributed by atoms with E-state index in [0.29, 0.717) is 0 Å². The number of halogens is 2. The zero-order valence-electron chi connectivity index (χ0n) is 5.61. The van der Waals surface area contributed by atoms with E-state index < -0.39 is 21.0 Å². The van der Waals surface area contributed by atoms with Gasteiger partial charge in [-0.25, -0.2) is 18.6 Å². The van der Waals surface area contributed by atoms with E-state index in [4.69, 9.17) is 32.6 Å². The Bertz CT molecular complexity index is 51.2. The van der Waals surface area contributed by atoms with Crippen LogP contribution in [-0.2, 0) is 0 Å². The average molecular weight is 197 g/mol. The molecule has 0 atom stereocenters. The minimum absolute atomic E-state index is 0. The first-order chi connectivity index (χ1) is 3.73. The van der Waals surface area contributed by atoms with Gasteiger partial charge in [-0.15, -0.1) is 10.2 Å². The molecule has 0 radical (unpaired) electrons. The Morgan fingerprint density at radius 2 is 0.727 bits per heavy atom. The van der Waals surface area contributed by atoms with Crippen molar-refractivity contribution < 1.29 is 91.4 Å². The smallest absolute Gasteiger partial charge is 0.357 e. The third kappa shape index (κ3) is 464.